The molecule has 0 radical (unpaired) electrons. The summed E-state index contributed by atoms with van der Waals surface area (Å²) in [7, 11) is -3.48. The molecule has 26 heavy (non-hydrogen) atoms. The number of benzene rings is 3. The Kier molecular flexibility index (Phi) is 6.52. The summed E-state index contributed by atoms with van der Waals surface area (Å²) in [5, 5.41) is 0. The molecule has 0 aromatic heterocycles. The second-order valence-electron chi connectivity index (χ2n) is 5.60. The molecule has 132 valence electrons. The van der Waals surface area contributed by atoms with Crippen LogP contribution in [0.15, 0.2) is 98.6 Å². The summed E-state index contributed by atoms with van der Waals surface area (Å²) in [6.45, 7) is 1.96. The van der Waals surface area contributed by atoms with Gasteiger partial charge in [-0.05, 0) is 0 Å². The van der Waals surface area contributed by atoms with Gasteiger partial charge < -0.3 is 0 Å². The van der Waals surface area contributed by atoms with Crippen molar-refractivity contribution in [3.8, 4) is 0 Å². The molecule has 5 heteroatoms. The molecule has 0 fully saturated rings. The molecule has 0 bridgehead atoms. The molecular weight excluding hydrogens is 474 g/mol. The Morgan fingerprint density at radius 2 is 1.31 bits per heavy atom. The number of rotatable bonds is 6. The van der Waals surface area contributed by atoms with E-state index in [-0.39, 0.29) is 29.9 Å². The summed E-state index contributed by atoms with van der Waals surface area (Å²) < 4.78 is 29.2. The van der Waals surface area contributed by atoms with Crippen LogP contribution in [0.1, 0.15) is 5.56 Å². The first-order valence-electron chi connectivity index (χ1n) is 8.02. The zero-order valence-corrected chi connectivity index (χ0v) is 18.4. The van der Waals surface area contributed by atoms with Crippen molar-refractivity contribution in [3.63, 3.8) is 0 Å². The van der Waals surface area contributed by atoms with E-state index < -0.39 is 9.84 Å². The average molecular weight is 492 g/mol. The molecule has 0 amide bonds. The SMILES string of the molecule is Cc1ccc(S(=O)(=O)/C(=C/[Se]c2ccccc2)[Se]c2ccccc2)cc1. The van der Waals surface area contributed by atoms with E-state index in [0.29, 0.717) is 8.70 Å². The predicted octanol–water partition coefficient (Wildman–Crippen LogP) is 2.63. The van der Waals surface area contributed by atoms with Crippen LogP contribution in [0.3, 0.4) is 0 Å². The van der Waals surface area contributed by atoms with Gasteiger partial charge in [0.25, 0.3) is 0 Å². The van der Waals surface area contributed by atoms with Crippen molar-refractivity contribution < 1.29 is 8.42 Å². The summed E-state index contributed by atoms with van der Waals surface area (Å²) in [4.78, 5) is 2.31. The van der Waals surface area contributed by atoms with E-state index in [2.05, 4.69) is 0 Å². The number of sulfone groups is 1. The quantitative estimate of drug-likeness (QED) is 0.496. The van der Waals surface area contributed by atoms with Crippen LogP contribution >= 0.6 is 0 Å². The molecule has 0 spiro atoms. The number of hydrogen-bond acceptors (Lipinski definition) is 2. The Bertz CT molecular complexity index is 981. The zero-order valence-electron chi connectivity index (χ0n) is 14.2. The van der Waals surface area contributed by atoms with Crippen LogP contribution in [-0.2, 0) is 9.84 Å². The molecule has 3 aromatic rings. The molecule has 0 heterocycles. The molecule has 0 aliphatic carbocycles. The molecular formula is C21H18O2SSe2. The Labute approximate surface area is 167 Å². The van der Waals surface area contributed by atoms with Gasteiger partial charge in [-0.25, -0.2) is 0 Å². The van der Waals surface area contributed by atoms with Crippen molar-refractivity contribution in [1.82, 2.24) is 0 Å². The molecule has 0 unspecified atom stereocenters. The normalized spacial score (nSPS) is 12.1. The van der Waals surface area contributed by atoms with E-state index in [1.54, 1.807) is 12.1 Å². The van der Waals surface area contributed by atoms with Crippen LogP contribution in [0.4, 0.5) is 0 Å². The van der Waals surface area contributed by atoms with Gasteiger partial charge in [-0.1, -0.05) is 0 Å². The van der Waals surface area contributed by atoms with E-state index in [9.17, 15) is 8.42 Å². The zero-order chi connectivity index (χ0) is 18.4. The van der Waals surface area contributed by atoms with Crippen molar-refractivity contribution in [2.75, 3.05) is 0 Å². The van der Waals surface area contributed by atoms with Gasteiger partial charge in [-0.2, -0.15) is 0 Å². The van der Waals surface area contributed by atoms with Gasteiger partial charge in [0.15, 0.2) is 0 Å². The van der Waals surface area contributed by atoms with Crippen molar-refractivity contribution in [3.05, 3.63) is 99.3 Å². The van der Waals surface area contributed by atoms with Crippen LogP contribution in [0.5, 0.6) is 0 Å². The molecule has 0 saturated heterocycles. The second-order valence-corrected chi connectivity index (χ2v) is 12.4. The van der Waals surface area contributed by atoms with Crippen molar-refractivity contribution in [1.29, 1.82) is 0 Å². The fourth-order valence-electron chi connectivity index (χ4n) is 2.20. The summed E-state index contributed by atoms with van der Waals surface area (Å²) in [6.07, 6.45) is 0. The van der Waals surface area contributed by atoms with Gasteiger partial charge in [0.1, 0.15) is 0 Å². The van der Waals surface area contributed by atoms with E-state index in [0.717, 1.165) is 10.0 Å². The van der Waals surface area contributed by atoms with Gasteiger partial charge in [-0.15, -0.1) is 0 Å². The third kappa shape index (κ3) is 4.97. The fraction of sp³-hybridized carbons (Fsp3) is 0.0476. The van der Waals surface area contributed by atoms with E-state index in [1.165, 1.54) is 4.46 Å². The van der Waals surface area contributed by atoms with Crippen molar-refractivity contribution in [2.24, 2.45) is 0 Å². The van der Waals surface area contributed by atoms with Gasteiger partial charge >= 0.3 is 168 Å². The maximum atomic E-state index is 13.2. The Hall–Kier alpha value is -1.61. The van der Waals surface area contributed by atoms with Gasteiger partial charge in [-0.3, -0.25) is 0 Å². The number of aryl methyl sites for hydroxylation is 1. The molecule has 0 saturated carbocycles. The summed E-state index contributed by atoms with van der Waals surface area (Å²) in [6, 6.07) is 27.0. The first kappa shape index (κ1) is 19.2. The second kappa shape index (κ2) is 8.85. The Balaban J connectivity index is 1.97. The monoisotopic (exact) mass is 494 g/mol. The van der Waals surface area contributed by atoms with Gasteiger partial charge in [0, 0.05) is 0 Å². The molecule has 2 nitrogen and oxygen atoms in total. The van der Waals surface area contributed by atoms with Crippen LogP contribution in [0, 0.1) is 6.92 Å². The average Bonchev–Trinajstić information content (AvgIpc) is 2.67. The fourth-order valence-corrected chi connectivity index (χ4v) is 9.40. The Morgan fingerprint density at radius 1 is 0.769 bits per heavy atom. The molecule has 0 atom stereocenters. The topological polar surface area (TPSA) is 34.1 Å². The van der Waals surface area contributed by atoms with E-state index in [1.807, 2.05) is 84.7 Å². The molecule has 0 N–H and O–H groups in total. The minimum absolute atomic E-state index is 0.0229. The first-order chi connectivity index (χ1) is 12.6. The standard InChI is InChI=1S/C21H18O2SSe2/c1-17-12-14-18(15-13-17)24(22,23)21(26-20-10-6-3-7-11-20)16-25-19-8-4-2-5-9-19/h2-16H,1H3/b21-16-. The number of hydrogen-bond donors (Lipinski definition) is 0. The molecule has 3 aromatic carbocycles. The van der Waals surface area contributed by atoms with Crippen molar-refractivity contribution >= 4 is 48.7 Å². The third-order valence-corrected chi connectivity index (χ3v) is 11.7. The van der Waals surface area contributed by atoms with E-state index in [4.69, 9.17) is 0 Å². The molecule has 3 rings (SSSR count). The van der Waals surface area contributed by atoms with E-state index >= 15 is 0 Å². The summed E-state index contributed by atoms with van der Waals surface area (Å²) in [5.74, 6) is 0. The van der Waals surface area contributed by atoms with Crippen LogP contribution < -0.4 is 8.92 Å². The summed E-state index contributed by atoms with van der Waals surface area (Å²) in [5.41, 5.74) is 1.05. The predicted molar refractivity (Wildman–Crippen MR) is 110 cm³/mol. The maximum absolute atomic E-state index is 13.2. The Morgan fingerprint density at radius 3 is 1.88 bits per heavy atom. The van der Waals surface area contributed by atoms with Gasteiger partial charge in [0.05, 0.1) is 0 Å². The first-order valence-corrected chi connectivity index (χ1v) is 13.1. The third-order valence-electron chi connectivity index (χ3n) is 3.59. The molecule has 0 aliphatic rings. The van der Waals surface area contributed by atoms with Crippen LogP contribution in [0.25, 0.3) is 0 Å². The van der Waals surface area contributed by atoms with Gasteiger partial charge in [0.2, 0.25) is 0 Å². The minimum atomic E-state index is -3.48. The van der Waals surface area contributed by atoms with Crippen molar-refractivity contribution in [2.45, 2.75) is 11.8 Å². The van der Waals surface area contributed by atoms with Crippen LogP contribution in [-0.4, -0.2) is 38.3 Å². The van der Waals surface area contributed by atoms with Crippen LogP contribution in [0.2, 0.25) is 0 Å². The summed E-state index contributed by atoms with van der Waals surface area (Å²) >= 11 is -0.285. The molecule has 0 aliphatic heterocycles.